The van der Waals surface area contributed by atoms with E-state index in [0.717, 1.165) is 25.7 Å². The third-order valence-electron chi connectivity index (χ3n) is 4.69. The first-order chi connectivity index (χ1) is 12.0. The molecule has 1 fully saturated rings. The molecule has 134 valence electrons. The van der Waals surface area contributed by atoms with Gasteiger partial charge in [0.25, 0.3) is 5.91 Å². The molecule has 7 heteroatoms. The fourth-order valence-electron chi connectivity index (χ4n) is 3.37. The number of ether oxygens (including phenoxy) is 1. The molecule has 1 heterocycles. The van der Waals surface area contributed by atoms with Crippen LogP contribution in [0.1, 0.15) is 49.4 Å². The molecular formula is C18H22N2O5. The summed E-state index contributed by atoms with van der Waals surface area (Å²) in [5, 5.41) is 12.1. The molecule has 3 rings (SSSR count). The Morgan fingerprint density at radius 3 is 2.68 bits per heavy atom. The van der Waals surface area contributed by atoms with E-state index in [1.165, 1.54) is 29.5 Å². The molecule has 1 saturated carbocycles. The van der Waals surface area contributed by atoms with E-state index in [2.05, 4.69) is 5.32 Å². The van der Waals surface area contributed by atoms with Gasteiger partial charge in [0.2, 0.25) is 5.91 Å². The Morgan fingerprint density at radius 1 is 1.28 bits per heavy atom. The fourth-order valence-corrected chi connectivity index (χ4v) is 3.37. The van der Waals surface area contributed by atoms with Gasteiger partial charge in [-0.05, 0) is 38.0 Å². The zero-order valence-electron chi connectivity index (χ0n) is 14.2. The molecule has 0 spiro atoms. The number of hydrogen-bond acceptors (Lipinski definition) is 4. The van der Waals surface area contributed by atoms with Crippen LogP contribution in [0.4, 0.5) is 5.69 Å². The molecule has 1 atom stereocenters. The molecule has 2 aliphatic rings. The van der Waals surface area contributed by atoms with Gasteiger partial charge in [-0.15, -0.1) is 0 Å². The van der Waals surface area contributed by atoms with Gasteiger partial charge in [0.1, 0.15) is 12.3 Å². The first kappa shape index (κ1) is 17.3. The standard InChI is InChI=1S/C18H22N2O5/c1-11-17(22)20(10-16(21)19-13-5-3-2-4-6-13)14-8-7-12(18(23)24)9-15(14)25-11/h7-9,11,13H,2-6,10H2,1H3,(H,19,21)(H,23,24). The highest BCUT2D eigenvalue weighted by Crippen LogP contribution is 2.34. The molecular weight excluding hydrogens is 324 g/mol. The second-order valence-corrected chi connectivity index (χ2v) is 6.57. The van der Waals surface area contributed by atoms with E-state index < -0.39 is 12.1 Å². The van der Waals surface area contributed by atoms with E-state index in [-0.39, 0.29) is 30.0 Å². The highest BCUT2D eigenvalue weighted by molar-refractivity contribution is 6.04. The smallest absolute Gasteiger partial charge is 0.335 e. The molecule has 0 saturated heterocycles. The number of aromatic carboxylic acids is 1. The Balaban J connectivity index is 1.77. The van der Waals surface area contributed by atoms with Crippen molar-refractivity contribution in [2.75, 3.05) is 11.4 Å². The first-order valence-electron chi connectivity index (χ1n) is 8.60. The normalized spacial score (nSPS) is 20.6. The van der Waals surface area contributed by atoms with Gasteiger partial charge in [-0.2, -0.15) is 0 Å². The lowest BCUT2D eigenvalue weighted by Crippen LogP contribution is -2.50. The Morgan fingerprint density at radius 2 is 2.00 bits per heavy atom. The number of hydrogen-bond donors (Lipinski definition) is 2. The fraction of sp³-hybridized carbons (Fsp3) is 0.500. The summed E-state index contributed by atoms with van der Waals surface area (Å²) >= 11 is 0. The first-order valence-corrected chi connectivity index (χ1v) is 8.60. The van der Waals surface area contributed by atoms with Gasteiger partial charge in [0.05, 0.1) is 11.3 Å². The van der Waals surface area contributed by atoms with Crippen molar-refractivity contribution in [1.82, 2.24) is 5.32 Å². The van der Waals surface area contributed by atoms with Gasteiger partial charge in [0, 0.05) is 6.04 Å². The summed E-state index contributed by atoms with van der Waals surface area (Å²) < 4.78 is 5.51. The molecule has 1 aromatic carbocycles. The summed E-state index contributed by atoms with van der Waals surface area (Å²) in [7, 11) is 0. The van der Waals surface area contributed by atoms with Crippen molar-refractivity contribution >= 4 is 23.5 Å². The SMILES string of the molecule is CC1Oc2cc(C(=O)O)ccc2N(CC(=O)NC2CCCCC2)C1=O. The molecule has 25 heavy (non-hydrogen) atoms. The van der Waals surface area contributed by atoms with Crippen molar-refractivity contribution in [3.8, 4) is 5.75 Å². The zero-order chi connectivity index (χ0) is 18.0. The number of nitrogens with zero attached hydrogens (tertiary/aromatic N) is 1. The number of benzene rings is 1. The minimum absolute atomic E-state index is 0.0758. The number of rotatable bonds is 4. The summed E-state index contributed by atoms with van der Waals surface area (Å²) in [5.74, 6) is -1.29. The van der Waals surface area contributed by atoms with Crippen LogP contribution in [0.5, 0.6) is 5.75 Å². The third-order valence-corrected chi connectivity index (χ3v) is 4.69. The van der Waals surface area contributed by atoms with Gasteiger partial charge < -0.3 is 15.2 Å². The largest absolute Gasteiger partial charge is 0.479 e. The summed E-state index contributed by atoms with van der Waals surface area (Å²) in [6, 6.07) is 4.46. The van der Waals surface area contributed by atoms with Crippen molar-refractivity contribution < 1.29 is 24.2 Å². The van der Waals surface area contributed by atoms with Crippen molar-refractivity contribution in [3.05, 3.63) is 23.8 Å². The molecule has 1 aromatic rings. The Hall–Kier alpha value is -2.57. The minimum Gasteiger partial charge on any atom is -0.479 e. The van der Waals surface area contributed by atoms with Crippen LogP contribution in [0.15, 0.2) is 18.2 Å². The molecule has 7 nitrogen and oxygen atoms in total. The van der Waals surface area contributed by atoms with Crippen molar-refractivity contribution in [2.24, 2.45) is 0 Å². The summed E-state index contributed by atoms with van der Waals surface area (Å²) in [5.41, 5.74) is 0.499. The molecule has 2 amide bonds. The zero-order valence-corrected chi connectivity index (χ0v) is 14.2. The van der Waals surface area contributed by atoms with Crippen LogP contribution in [0.3, 0.4) is 0 Å². The second-order valence-electron chi connectivity index (χ2n) is 6.57. The molecule has 0 radical (unpaired) electrons. The van der Waals surface area contributed by atoms with Crippen LogP contribution in [-0.4, -0.2) is 41.6 Å². The van der Waals surface area contributed by atoms with Gasteiger partial charge in [-0.3, -0.25) is 14.5 Å². The Bertz CT molecular complexity index is 697. The Labute approximate surface area is 146 Å². The van der Waals surface area contributed by atoms with E-state index in [4.69, 9.17) is 9.84 Å². The van der Waals surface area contributed by atoms with E-state index in [0.29, 0.717) is 11.4 Å². The van der Waals surface area contributed by atoms with Crippen LogP contribution in [0.2, 0.25) is 0 Å². The number of amides is 2. The number of anilines is 1. The van der Waals surface area contributed by atoms with Gasteiger partial charge in [-0.25, -0.2) is 4.79 Å². The van der Waals surface area contributed by atoms with E-state index in [1.54, 1.807) is 6.92 Å². The quantitative estimate of drug-likeness (QED) is 0.869. The lowest BCUT2D eigenvalue weighted by atomic mass is 9.95. The molecule has 0 bridgehead atoms. The van der Waals surface area contributed by atoms with Crippen LogP contribution in [0.25, 0.3) is 0 Å². The van der Waals surface area contributed by atoms with Crippen LogP contribution in [0, 0.1) is 0 Å². The lowest BCUT2D eigenvalue weighted by Gasteiger charge is -2.33. The maximum atomic E-state index is 12.4. The van der Waals surface area contributed by atoms with E-state index in [1.807, 2.05) is 0 Å². The summed E-state index contributed by atoms with van der Waals surface area (Å²) in [4.78, 5) is 37.3. The number of fused-ring (bicyclic) bond motifs is 1. The van der Waals surface area contributed by atoms with Crippen molar-refractivity contribution in [2.45, 2.75) is 51.2 Å². The Kier molecular flexibility index (Phi) is 4.92. The molecule has 0 aromatic heterocycles. The van der Waals surface area contributed by atoms with E-state index in [9.17, 15) is 14.4 Å². The maximum absolute atomic E-state index is 12.4. The molecule has 1 aliphatic heterocycles. The number of carboxylic acid groups (broad SMARTS) is 1. The van der Waals surface area contributed by atoms with Crippen molar-refractivity contribution in [3.63, 3.8) is 0 Å². The third kappa shape index (κ3) is 3.75. The monoisotopic (exact) mass is 346 g/mol. The van der Waals surface area contributed by atoms with Crippen LogP contribution < -0.4 is 15.0 Å². The number of carbonyl (C=O) groups is 3. The maximum Gasteiger partial charge on any atom is 0.335 e. The van der Waals surface area contributed by atoms with Crippen molar-refractivity contribution in [1.29, 1.82) is 0 Å². The molecule has 2 N–H and O–H groups in total. The lowest BCUT2D eigenvalue weighted by molar-refractivity contribution is -0.128. The van der Waals surface area contributed by atoms with Crippen LogP contribution in [-0.2, 0) is 9.59 Å². The molecule has 1 aliphatic carbocycles. The van der Waals surface area contributed by atoms with Gasteiger partial charge in [-0.1, -0.05) is 19.3 Å². The number of carbonyl (C=O) groups excluding carboxylic acids is 2. The number of carboxylic acids is 1. The molecule has 1 unspecified atom stereocenters. The average molecular weight is 346 g/mol. The highest BCUT2D eigenvalue weighted by atomic mass is 16.5. The predicted octanol–water partition coefficient (Wildman–Crippen LogP) is 1.95. The van der Waals surface area contributed by atoms with Crippen LogP contribution >= 0.6 is 0 Å². The summed E-state index contributed by atoms with van der Waals surface area (Å²) in [6.45, 7) is 1.49. The van der Waals surface area contributed by atoms with E-state index >= 15 is 0 Å². The average Bonchev–Trinajstić information content (AvgIpc) is 2.59. The number of nitrogens with one attached hydrogen (secondary N) is 1. The second kappa shape index (κ2) is 7.13. The topological polar surface area (TPSA) is 95.9 Å². The minimum atomic E-state index is -1.07. The van der Waals surface area contributed by atoms with Gasteiger partial charge >= 0.3 is 5.97 Å². The van der Waals surface area contributed by atoms with Gasteiger partial charge in [0.15, 0.2) is 6.10 Å². The highest BCUT2D eigenvalue weighted by Gasteiger charge is 2.33. The summed E-state index contributed by atoms with van der Waals surface area (Å²) in [6.07, 6.45) is 4.60. The predicted molar refractivity (Wildman–Crippen MR) is 90.9 cm³/mol.